The van der Waals surface area contributed by atoms with E-state index in [0.29, 0.717) is 38.8 Å². The molecule has 1 saturated heterocycles. The number of esters is 1. The Morgan fingerprint density at radius 1 is 1.30 bits per heavy atom. The molecule has 0 aromatic rings. The summed E-state index contributed by atoms with van der Waals surface area (Å²) in [6.07, 6.45) is 3.44. The third-order valence-electron chi connectivity index (χ3n) is 3.74. The van der Waals surface area contributed by atoms with E-state index in [-0.39, 0.29) is 12.0 Å². The van der Waals surface area contributed by atoms with Gasteiger partial charge in [-0.3, -0.25) is 9.69 Å². The maximum absolute atomic E-state index is 11.8. The molecular formula is C12H23N3O4S. The largest absolute Gasteiger partial charge is 0.468 e. The molecule has 116 valence electrons. The molecule has 1 aliphatic carbocycles. The van der Waals surface area contributed by atoms with Gasteiger partial charge in [-0.2, -0.15) is 4.31 Å². The van der Waals surface area contributed by atoms with Gasteiger partial charge in [-0.25, -0.2) is 8.42 Å². The van der Waals surface area contributed by atoms with Crippen molar-refractivity contribution in [2.75, 3.05) is 46.1 Å². The molecule has 0 aromatic heterocycles. The maximum Gasteiger partial charge on any atom is 0.324 e. The van der Waals surface area contributed by atoms with Gasteiger partial charge in [0.1, 0.15) is 6.04 Å². The summed E-state index contributed by atoms with van der Waals surface area (Å²) in [5, 5.41) is 3.28. The summed E-state index contributed by atoms with van der Waals surface area (Å²) in [4.78, 5) is 13.9. The smallest absolute Gasteiger partial charge is 0.324 e. The van der Waals surface area contributed by atoms with E-state index < -0.39 is 10.0 Å². The van der Waals surface area contributed by atoms with Gasteiger partial charge >= 0.3 is 5.97 Å². The molecule has 2 rings (SSSR count). The molecule has 0 amide bonds. The Morgan fingerprint density at radius 2 is 1.90 bits per heavy atom. The van der Waals surface area contributed by atoms with Crippen molar-refractivity contribution < 1.29 is 17.9 Å². The number of rotatable bonds is 6. The third kappa shape index (κ3) is 4.41. The van der Waals surface area contributed by atoms with E-state index >= 15 is 0 Å². The number of hydrogen-bond acceptors (Lipinski definition) is 6. The second kappa shape index (κ2) is 6.38. The Hall–Kier alpha value is -0.700. The van der Waals surface area contributed by atoms with Gasteiger partial charge < -0.3 is 10.1 Å². The molecule has 2 fully saturated rings. The molecule has 1 atom stereocenters. The lowest BCUT2D eigenvalue weighted by Crippen LogP contribution is -2.54. The summed E-state index contributed by atoms with van der Waals surface area (Å²) in [6.45, 7) is 2.83. The Labute approximate surface area is 120 Å². The van der Waals surface area contributed by atoms with Crippen LogP contribution in [0.2, 0.25) is 0 Å². The molecule has 0 bridgehead atoms. The minimum absolute atomic E-state index is 0.248. The van der Waals surface area contributed by atoms with Crippen LogP contribution in [0.1, 0.15) is 12.8 Å². The van der Waals surface area contributed by atoms with Crippen LogP contribution in [-0.4, -0.2) is 81.8 Å². The molecule has 1 aliphatic heterocycles. The van der Waals surface area contributed by atoms with Crippen molar-refractivity contribution in [2.45, 2.75) is 24.9 Å². The molecule has 0 aromatic carbocycles. The number of hydrogen-bond donors (Lipinski definition) is 1. The minimum atomic E-state index is -3.11. The predicted octanol–water partition coefficient (Wildman–Crippen LogP) is -1.14. The molecule has 8 heteroatoms. The van der Waals surface area contributed by atoms with E-state index in [1.807, 2.05) is 0 Å². The van der Waals surface area contributed by atoms with E-state index in [2.05, 4.69) is 10.2 Å². The zero-order chi connectivity index (χ0) is 14.8. The maximum atomic E-state index is 11.8. The number of piperazine rings is 1. The lowest BCUT2D eigenvalue weighted by Gasteiger charge is -2.34. The van der Waals surface area contributed by atoms with Crippen LogP contribution in [0.5, 0.6) is 0 Å². The van der Waals surface area contributed by atoms with Crippen molar-refractivity contribution in [3.63, 3.8) is 0 Å². The van der Waals surface area contributed by atoms with Crippen LogP contribution in [0.4, 0.5) is 0 Å². The number of carbonyl (C=O) groups is 1. The summed E-state index contributed by atoms with van der Waals surface area (Å²) >= 11 is 0. The van der Waals surface area contributed by atoms with Crippen LogP contribution >= 0.6 is 0 Å². The van der Waals surface area contributed by atoms with E-state index in [1.165, 1.54) is 17.7 Å². The molecule has 20 heavy (non-hydrogen) atoms. The van der Waals surface area contributed by atoms with Crippen LogP contribution in [-0.2, 0) is 19.6 Å². The molecule has 2 aliphatic rings. The van der Waals surface area contributed by atoms with Gasteiger partial charge in [0.15, 0.2) is 0 Å². The number of nitrogens with zero attached hydrogens (tertiary/aromatic N) is 2. The normalized spacial score (nSPS) is 23.5. The second-order valence-corrected chi connectivity index (χ2v) is 7.46. The van der Waals surface area contributed by atoms with Crippen molar-refractivity contribution in [1.29, 1.82) is 0 Å². The summed E-state index contributed by atoms with van der Waals surface area (Å²) in [5.41, 5.74) is 0. The predicted molar refractivity (Wildman–Crippen MR) is 74.8 cm³/mol. The highest BCUT2D eigenvalue weighted by atomic mass is 32.2. The van der Waals surface area contributed by atoms with Crippen LogP contribution in [0.3, 0.4) is 0 Å². The Bertz CT molecular complexity index is 442. The highest BCUT2D eigenvalue weighted by Crippen LogP contribution is 2.20. The first-order valence-corrected chi connectivity index (χ1v) is 8.76. The molecule has 1 N–H and O–H groups in total. The van der Waals surface area contributed by atoms with Gasteiger partial charge in [-0.1, -0.05) is 0 Å². The van der Waals surface area contributed by atoms with Gasteiger partial charge in [-0.05, 0) is 12.8 Å². The summed E-state index contributed by atoms with van der Waals surface area (Å²) in [6, 6.07) is 0.105. The van der Waals surface area contributed by atoms with Crippen LogP contribution in [0, 0.1) is 0 Å². The first-order chi connectivity index (χ1) is 9.40. The molecule has 0 spiro atoms. The van der Waals surface area contributed by atoms with Crippen molar-refractivity contribution >= 4 is 16.0 Å². The molecular weight excluding hydrogens is 282 g/mol. The van der Waals surface area contributed by atoms with Crippen LogP contribution in [0.15, 0.2) is 0 Å². The quantitative estimate of drug-likeness (QED) is 0.625. The highest BCUT2D eigenvalue weighted by Gasteiger charge is 2.32. The molecule has 1 unspecified atom stereocenters. The van der Waals surface area contributed by atoms with Gasteiger partial charge in [0.2, 0.25) is 10.0 Å². The Morgan fingerprint density at radius 3 is 2.35 bits per heavy atom. The Balaban J connectivity index is 1.84. The van der Waals surface area contributed by atoms with Crippen molar-refractivity contribution in [3.05, 3.63) is 0 Å². The Kier molecular flexibility index (Phi) is 5.00. The zero-order valence-corrected chi connectivity index (χ0v) is 12.9. The first kappa shape index (κ1) is 15.7. The van der Waals surface area contributed by atoms with Gasteiger partial charge in [0.05, 0.1) is 13.4 Å². The lowest BCUT2D eigenvalue weighted by molar-refractivity contribution is -0.143. The number of ether oxygens (including phenoxy) is 1. The fourth-order valence-corrected chi connectivity index (χ4v) is 3.20. The molecule has 1 heterocycles. The second-order valence-electron chi connectivity index (χ2n) is 5.48. The third-order valence-corrected chi connectivity index (χ3v) is 5.04. The molecule has 7 nitrogen and oxygen atoms in total. The number of carbonyl (C=O) groups excluding carboxylic acids is 1. The van der Waals surface area contributed by atoms with E-state index in [4.69, 9.17) is 4.74 Å². The van der Waals surface area contributed by atoms with Crippen LogP contribution in [0.25, 0.3) is 0 Å². The van der Waals surface area contributed by atoms with Gasteiger partial charge in [0.25, 0.3) is 0 Å². The minimum Gasteiger partial charge on any atom is -0.468 e. The number of nitrogens with one attached hydrogen (secondary N) is 1. The fourth-order valence-electron chi connectivity index (χ4n) is 2.37. The van der Waals surface area contributed by atoms with E-state index in [9.17, 15) is 13.2 Å². The number of sulfonamides is 1. The van der Waals surface area contributed by atoms with Crippen molar-refractivity contribution in [3.8, 4) is 0 Å². The topological polar surface area (TPSA) is 79.0 Å². The van der Waals surface area contributed by atoms with Crippen molar-refractivity contribution in [1.82, 2.24) is 14.5 Å². The van der Waals surface area contributed by atoms with Gasteiger partial charge in [0, 0.05) is 38.8 Å². The number of methoxy groups -OCH3 is 1. The van der Waals surface area contributed by atoms with Gasteiger partial charge in [-0.15, -0.1) is 0 Å². The average molecular weight is 305 g/mol. The summed E-state index contributed by atoms with van der Waals surface area (Å²) in [5.74, 6) is -0.248. The fraction of sp³-hybridized carbons (Fsp3) is 0.917. The molecule has 0 radical (unpaired) electrons. The SMILES string of the molecule is COC(=O)C(CN1CCN(S(C)(=O)=O)CC1)NC1CC1. The van der Waals surface area contributed by atoms with E-state index in [1.54, 1.807) is 0 Å². The standard InChI is InChI=1S/C12H23N3O4S/c1-19-12(16)11(13-10-3-4-10)9-14-5-7-15(8-6-14)20(2,17)18/h10-11,13H,3-9H2,1-2H3. The zero-order valence-electron chi connectivity index (χ0n) is 12.0. The monoisotopic (exact) mass is 305 g/mol. The molecule has 1 saturated carbocycles. The first-order valence-electron chi connectivity index (χ1n) is 6.91. The lowest BCUT2D eigenvalue weighted by atomic mass is 10.2. The van der Waals surface area contributed by atoms with Crippen LogP contribution < -0.4 is 5.32 Å². The average Bonchev–Trinajstić information content (AvgIpc) is 3.20. The highest BCUT2D eigenvalue weighted by molar-refractivity contribution is 7.88. The van der Waals surface area contributed by atoms with E-state index in [0.717, 1.165) is 12.8 Å². The van der Waals surface area contributed by atoms with Crippen molar-refractivity contribution in [2.24, 2.45) is 0 Å². The summed E-state index contributed by atoms with van der Waals surface area (Å²) in [7, 11) is -1.71. The summed E-state index contributed by atoms with van der Waals surface area (Å²) < 4.78 is 29.2.